The van der Waals surface area contributed by atoms with E-state index in [0.29, 0.717) is 29.8 Å². The van der Waals surface area contributed by atoms with Gasteiger partial charge in [0.15, 0.2) is 5.82 Å². The Balaban J connectivity index is 1.83. The molecule has 1 amide bonds. The second kappa shape index (κ2) is 7.61. The Hall–Kier alpha value is -1.34. The Kier molecular flexibility index (Phi) is 5.81. The molecular formula is C14H24N4O2S. The van der Waals surface area contributed by atoms with Crippen LogP contribution in [-0.2, 0) is 4.74 Å². The van der Waals surface area contributed by atoms with E-state index in [1.807, 2.05) is 13.8 Å². The Morgan fingerprint density at radius 2 is 2.19 bits per heavy atom. The summed E-state index contributed by atoms with van der Waals surface area (Å²) in [4.78, 5) is 12.1. The highest BCUT2D eigenvalue weighted by Crippen LogP contribution is 2.26. The largest absolute Gasteiger partial charge is 0.382 e. The van der Waals surface area contributed by atoms with Crippen LogP contribution in [0, 0.1) is 0 Å². The number of nitrogens with one attached hydrogen (secondary N) is 2. The van der Waals surface area contributed by atoms with Gasteiger partial charge in [-0.3, -0.25) is 4.79 Å². The lowest BCUT2D eigenvalue weighted by Crippen LogP contribution is -2.31. The summed E-state index contributed by atoms with van der Waals surface area (Å²) >= 11 is 1.21. The Bertz CT molecular complexity index is 470. The van der Waals surface area contributed by atoms with Crippen LogP contribution in [0.3, 0.4) is 0 Å². The van der Waals surface area contributed by atoms with Crippen molar-refractivity contribution < 1.29 is 9.53 Å². The third kappa shape index (κ3) is 4.57. The van der Waals surface area contributed by atoms with Gasteiger partial charge >= 0.3 is 0 Å². The number of ether oxygens (including phenoxy) is 1. The van der Waals surface area contributed by atoms with Crippen LogP contribution in [0.2, 0.25) is 0 Å². The quantitative estimate of drug-likeness (QED) is 0.672. The number of aromatic nitrogens is 1. The Morgan fingerprint density at radius 3 is 2.86 bits per heavy atom. The highest BCUT2D eigenvalue weighted by Gasteiger charge is 2.20. The van der Waals surface area contributed by atoms with Crippen molar-refractivity contribution in [2.45, 2.75) is 51.7 Å². The first-order valence-corrected chi connectivity index (χ1v) is 8.26. The summed E-state index contributed by atoms with van der Waals surface area (Å²) in [5, 5.41) is 6.75. The third-order valence-corrected chi connectivity index (χ3v) is 4.23. The lowest BCUT2D eigenvalue weighted by Gasteiger charge is -2.12. The molecule has 0 bridgehead atoms. The molecule has 21 heavy (non-hydrogen) atoms. The Labute approximate surface area is 129 Å². The Morgan fingerprint density at radius 1 is 1.48 bits per heavy atom. The monoisotopic (exact) mass is 312 g/mol. The number of nitrogens with zero attached hydrogens (tertiary/aromatic N) is 1. The van der Waals surface area contributed by atoms with E-state index >= 15 is 0 Å². The predicted molar refractivity (Wildman–Crippen MR) is 85.8 cm³/mol. The molecule has 4 N–H and O–H groups in total. The van der Waals surface area contributed by atoms with Crippen LogP contribution in [0.15, 0.2) is 0 Å². The number of hydrogen-bond donors (Lipinski definition) is 3. The molecule has 1 aromatic heterocycles. The molecule has 0 spiro atoms. The molecule has 0 aliphatic heterocycles. The van der Waals surface area contributed by atoms with Crippen LogP contribution in [0.4, 0.5) is 10.8 Å². The van der Waals surface area contributed by atoms with Crippen molar-refractivity contribution in [3.63, 3.8) is 0 Å². The van der Waals surface area contributed by atoms with E-state index in [9.17, 15) is 4.79 Å². The number of rotatable bonds is 7. The zero-order valence-electron chi connectivity index (χ0n) is 12.6. The summed E-state index contributed by atoms with van der Waals surface area (Å²) in [6, 6.07) is 0.0651. The average Bonchev–Trinajstić information content (AvgIpc) is 3.03. The van der Waals surface area contributed by atoms with Gasteiger partial charge in [0.05, 0.1) is 12.7 Å². The van der Waals surface area contributed by atoms with Gasteiger partial charge in [-0.15, -0.1) is 0 Å². The molecular weight excluding hydrogens is 288 g/mol. The second-order valence-electron chi connectivity index (χ2n) is 5.60. The SMILES string of the molecule is CC(C)NC(=O)c1c(N)nsc1NCCOC1CCCC1. The fraction of sp³-hybridized carbons (Fsp3) is 0.714. The number of carbonyl (C=O) groups is 1. The molecule has 0 radical (unpaired) electrons. The standard InChI is InChI=1S/C14H24N4O2S/c1-9(2)17-13(19)11-12(15)18-21-14(11)16-7-8-20-10-5-3-4-6-10/h9-10,16H,3-8H2,1-2H3,(H2,15,18)(H,17,19). The fourth-order valence-corrected chi connectivity index (χ4v) is 3.16. The average molecular weight is 312 g/mol. The minimum atomic E-state index is -0.185. The van der Waals surface area contributed by atoms with E-state index in [-0.39, 0.29) is 17.8 Å². The number of nitrogen functional groups attached to an aromatic ring is 1. The minimum Gasteiger partial charge on any atom is -0.382 e. The first-order valence-electron chi connectivity index (χ1n) is 7.49. The maximum Gasteiger partial charge on any atom is 0.258 e. The molecule has 1 saturated carbocycles. The van der Waals surface area contributed by atoms with Crippen molar-refractivity contribution in [2.24, 2.45) is 0 Å². The van der Waals surface area contributed by atoms with Crippen molar-refractivity contribution >= 4 is 28.3 Å². The lowest BCUT2D eigenvalue weighted by atomic mass is 10.2. The van der Waals surface area contributed by atoms with Gasteiger partial charge in [-0.1, -0.05) is 12.8 Å². The van der Waals surface area contributed by atoms with Gasteiger partial charge in [0.25, 0.3) is 5.91 Å². The van der Waals surface area contributed by atoms with Crippen LogP contribution in [0.1, 0.15) is 49.9 Å². The van der Waals surface area contributed by atoms with E-state index in [0.717, 1.165) is 12.8 Å². The van der Waals surface area contributed by atoms with E-state index < -0.39 is 0 Å². The zero-order chi connectivity index (χ0) is 15.2. The number of anilines is 2. The lowest BCUT2D eigenvalue weighted by molar-refractivity contribution is 0.0659. The van der Waals surface area contributed by atoms with Crippen molar-refractivity contribution in [3.8, 4) is 0 Å². The maximum absolute atomic E-state index is 12.1. The number of nitrogens with two attached hydrogens (primary N) is 1. The van der Waals surface area contributed by atoms with Crippen LogP contribution in [0.5, 0.6) is 0 Å². The smallest absolute Gasteiger partial charge is 0.258 e. The molecule has 1 fully saturated rings. The summed E-state index contributed by atoms with van der Waals surface area (Å²) in [5.41, 5.74) is 6.23. The molecule has 0 aromatic carbocycles. The predicted octanol–water partition coefficient (Wildman–Crippen LogP) is 2.23. The summed E-state index contributed by atoms with van der Waals surface area (Å²) in [5.74, 6) is 0.0906. The molecule has 1 aliphatic carbocycles. The van der Waals surface area contributed by atoms with Gasteiger partial charge in [0.2, 0.25) is 0 Å². The normalized spacial score (nSPS) is 15.6. The van der Waals surface area contributed by atoms with Gasteiger partial charge in [-0.05, 0) is 38.2 Å². The zero-order valence-corrected chi connectivity index (χ0v) is 13.5. The van der Waals surface area contributed by atoms with Gasteiger partial charge in [0.1, 0.15) is 10.6 Å². The van der Waals surface area contributed by atoms with Crippen LogP contribution >= 0.6 is 11.5 Å². The molecule has 0 unspecified atom stereocenters. The van der Waals surface area contributed by atoms with Crippen molar-refractivity contribution in [3.05, 3.63) is 5.56 Å². The topological polar surface area (TPSA) is 89.3 Å². The highest BCUT2D eigenvalue weighted by molar-refractivity contribution is 7.11. The molecule has 118 valence electrons. The number of hydrogen-bond acceptors (Lipinski definition) is 6. The fourth-order valence-electron chi connectivity index (χ4n) is 2.42. The molecule has 7 heteroatoms. The molecule has 0 saturated heterocycles. The van der Waals surface area contributed by atoms with Crippen LogP contribution in [-0.4, -0.2) is 35.6 Å². The molecule has 6 nitrogen and oxygen atoms in total. The highest BCUT2D eigenvalue weighted by atomic mass is 32.1. The summed E-state index contributed by atoms with van der Waals surface area (Å²) in [6.07, 6.45) is 5.26. The molecule has 1 heterocycles. The van der Waals surface area contributed by atoms with Crippen molar-refractivity contribution in [1.82, 2.24) is 9.69 Å². The first kappa shape index (κ1) is 16.0. The van der Waals surface area contributed by atoms with Crippen LogP contribution in [0.25, 0.3) is 0 Å². The van der Waals surface area contributed by atoms with Gasteiger partial charge in [-0.2, -0.15) is 4.37 Å². The van der Waals surface area contributed by atoms with Gasteiger partial charge in [-0.25, -0.2) is 0 Å². The first-order chi connectivity index (χ1) is 10.1. The molecule has 1 aliphatic rings. The van der Waals surface area contributed by atoms with E-state index in [1.165, 1.54) is 24.4 Å². The summed E-state index contributed by atoms with van der Waals surface area (Å²) < 4.78 is 9.84. The van der Waals surface area contributed by atoms with Crippen LogP contribution < -0.4 is 16.4 Å². The maximum atomic E-state index is 12.1. The number of amides is 1. The van der Waals surface area contributed by atoms with E-state index in [2.05, 4.69) is 15.0 Å². The van der Waals surface area contributed by atoms with E-state index in [4.69, 9.17) is 10.5 Å². The summed E-state index contributed by atoms with van der Waals surface area (Å²) in [7, 11) is 0. The minimum absolute atomic E-state index is 0.0651. The van der Waals surface area contributed by atoms with Gasteiger partial charge < -0.3 is 21.1 Å². The molecule has 0 atom stereocenters. The van der Waals surface area contributed by atoms with Crippen molar-refractivity contribution in [2.75, 3.05) is 24.2 Å². The third-order valence-electron chi connectivity index (χ3n) is 3.41. The van der Waals surface area contributed by atoms with Gasteiger partial charge in [0, 0.05) is 12.6 Å². The second-order valence-corrected chi connectivity index (χ2v) is 6.38. The van der Waals surface area contributed by atoms with E-state index in [1.54, 1.807) is 0 Å². The molecule has 1 aromatic rings. The summed E-state index contributed by atoms with van der Waals surface area (Å²) in [6.45, 7) is 5.11. The van der Waals surface area contributed by atoms with Crippen molar-refractivity contribution in [1.29, 1.82) is 0 Å². The molecule has 2 rings (SSSR count). The number of carbonyl (C=O) groups excluding carboxylic acids is 1.